The van der Waals surface area contributed by atoms with Gasteiger partial charge in [-0.1, -0.05) is 29.2 Å². The molecule has 2 aliphatic heterocycles. The lowest BCUT2D eigenvalue weighted by Gasteiger charge is -2.29. The Balaban J connectivity index is 1.35. The number of furan rings is 1. The summed E-state index contributed by atoms with van der Waals surface area (Å²) in [5.41, 5.74) is -0.858. The number of nitrogens with one attached hydrogen (secondary N) is 1. The first kappa shape index (κ1) is 27.0. The summed E-state index contributed by atoms with van der Waals surface area (Å²) in [5, 5.41) is 1.68. The van der Waals surface area contributed by atoms with Crippen molar-refractivity contribution in [2.75, 3.05) is 10.2 Å². The summed E-state index contributed by atoms with van der Waals surface area (Å²) in [7, 11) is 0. The Bertz CT molecular complexity index is 1730. The van der Waals surface area contributed by atoms with Gasteiger partial charge in [0.15, 0.2) is 0 Å². The van der Waals surface area contributed by atoms with Crippen LogP contribution in [0.25, 0.3) is 0 Å². The molecule has 0 aliphatic carbocycles. The minimum Gasteiger partial charge on any atom is -0.469 e. The van der Waals surface area contributed by atoms with Crippen molar-refractivity contribution < 1.29 is 36.4 Å². The fourth-order valence-electron chi connectivity index (χ4n) is 4.99. The highest BCUT2D eigenvalue weighted by molar-refractivity contribution is 8.00. The molecule has 6 rings (SSSR count). The van der Waals surface area contributed by atoms with Gasteiger partial charge < -0.3 is 9.73 Å². The Morgan fingerprint density at radius 3 is 2.44 bits per heavy atom. The van der Waals surface area contributed by atoms with Gasteiger partial charge in [-0.3, -0.25) is 23.7 Å². The lowest BCUT2D eigenvalue weighted by molar-refractivity contribution is -0.137. The van der Waals surface area contributed by atoms with E-state index in [1.54, 1.807) is 12.1 Å². The molecule has 3 amide bonds. The average Bonchev–Trinajstić information content (AvgIpc) is 3.62. The number of benzene rings is 2. The van der Waals surface area contributed by atoms with Crippen molar-refractivity contribution in [2.45, 2.75) is 28.9 Å². The molecular formula is C27H17F4N3O5S2. The van der Waals surface area contributed by atoms with Crippen LogP contribution < -0.4 is 15.1 Å². The third-order valence-corrected chi connectivity index (χ3v) is 9.36. The molecule has 0 spiro atoms. The second kappa shape index (κ2) is 10.0. The molecule has 1 N–H and O–H groups in total. The van der Waals surface area contributed by atoms with E-state index in [1.807, 2.05) is 0 Å². The number of aromatic nitrogens is 1. The lowest BCUT2D eigenvalue weighted by Crippen LogP contribution is -2.32. The number of hydrogen-bond donors (Lipinski definition) is 1. The Morgan fingerprint density at radius 1 is 1.00 bits per heavy atom. The molecule has 14 heteroatoms. The Hall–Kier alpha value is -4.17. The number of halogens is 4. The predicted molar refractivity (Wildman–Crippen MR) is 141 cm³/mol. The van der Waals surface area contributed by atoms with Crippen molar-refractivity contribution in [1.82, 2.24) is 4.57 Å². The summed E-state index contributed by atoms with van der Waals surface area (Å²) in [6, 6.07) is 12.2. The molecule has 1 saturated heterocycles. The quantitative estimate of drug-likeness (QED) is 0.252. The van der Waals surface area contributed by atoms with E-state index in [2.05, 4.69) is 5.32 Å². The van der Waals surface area contributed by atoms with Gasteiger partial charge in [0.1, 0.15) is 23.4 Å². The van der Waals surface area contributed by atoms with Gasteiger partial charge >= 0.3 is 11.0 Å². The number of anilines is 2. The maximum atomic E-state index is 13.7. The minimum atomic E-state index is -4.61. The number of rotatable bonds is 5. The molecule has 0 unspecified atom stereocenters. The number of thioether (sulfide) groups is 1. The molecular weight excluding hydrogens is 586 g/mol. The van der Waals surface area contributed by atoms with Crippen molar-refractivity contribution in [2.24, 2.45) is 5.92 Å². The summed E-state index contributed by atoms with van der Waals surface area (Å²) in [4.78, 5) is 54.0. The highest BCUT2D eigenvalue weighted by Crippen LogP contribution is 2.54. The summed E-state index contributed by atoms with van der Waals surface area (Å²) < 4.78 is 59.5. The number of imide groups is 1. The zero-order chi connectivity index (χ0) is 29.1. The van der Waals surface area contributed by atoms with Gasteiger partial charge in [0, 0.05) is 5.69 Å². The number of nitrogens with zero attached hydrogens (tertiary/aromatic N) is 2. The topological polar surface area (TPSA) is 102 Å². The smallest absolute Gasteiger partial charge is 0.416 e. The second-order valence-corrected chi connectivity index (χ2v) is 11.4. The molecule has 2 aliphatic rings. The first-order valence-electron chi connectivity index (χ1n) is 12.1. The van der Waals surface area contributed by atoms with E-state index in [-0.39, 0.29) is 16.4 Å². The molecule has 2 aromatic heterocycles. The molecule has 4 heterocycles. The first-order chi connectivity index (χ1) is 19.5. The number of thiazole rings is 1. The van der Waals surface area contributed by atoms with Gasteiger partial charge in [-0.15, -0.1) is 0 Å². The SMILES string of the molecule is O=C(Cn1c2c(sc1=O)[C@@H](c1ccco1)[C@@H]1C(=O)N(c3ccc(F)cc3)C(=O)[C@@H]1S2)Nc1cccc(C(F)(F)F)c1. The summed E-state index contributed by atoms with van der Waals surface area (Å²) in [6.45, 7) is -0.542. The number of carbonyl (C=O) groups excluding carboxylic acids is 3. The van der Waals surface area contributed by atoms with Crippen LogP contribution in [-0.2, 0) is 27.1 Å². The molecule has 0 radical (unpaired) electrons. The van der Waals surface area contributed by atoms with Gasteiger partial charge in [0.2, 0.25) is 17.7 Å². The highest BCUT2D eigenvalue weighted by Gasteiger charge is 2.57. The van der Waals surface area contributed by atoms with Crippen LogP contribution in [0.2, 0.25) is 0 Å². The van der Waals surface area contributed by atoms with Crippen molar-refractivity contribution >= 4 is 52.2 Å². The van der Waals surface area contributed by atoms with E-state index in [4.69, 9.17) is 4.42 Å². The number of fused-ring (bicyclic) bond motifs is 2. The predicted octanol–water partition coefficient (Wildman–Crippen LogP) is 5.10. The number of carbonyl (C=O) groups is 3. The zero-order valence-corrected chi connectivity index (χ0v) is 22.2. The maximum Gasteiger partial charge on any atom is 0.416 e. The average molecular weight is 604 g/mol. The molecule has 0 bridgehead atoms. The van der Waals surface area contributed by atoms with E-state index >= 15 is 0 Å². The van der Waals surface area contributed by atoms with Crippen LogP contribution in [0.4, 0.5) is 28.9 Å². The Morgan fingerprint density at radius 2 is 1.76 bits per heavy atom. The van der Waals surface area contributed by atoms with Gasteiger partial charge in [-0.2, -0.15) is 13.2 Å². The van der Waals surface area contributed by atoms with Crippen molar-refractivity contribution in [3.63, 3.8) is 0 Å². The fourth-order valence-corrected chi connectivity index (χ4v) is 7.75. The third-order valence-electron chi connectivity index (χ3n) is 6.76. The Labute approximate surface area is 236 Å². The summed E-state index contributed by atoms with van der Waals surface area (Å²) >= 11 is 1.76. The molecule has 3 atom stereocenters. The van der Waals surface area contributed by atoms with Gasteiger partial charge in [-0.05, 0) is 54.6 Å². The largest absolute Gasteiger partial charge is 0.469 e. The summed E-state index contributed by atoms with van der Waals surface area (Å²) in [5.74, 6) is -3.84. The van der Waals surface area contributed by atoms with Crippen LogP contribution in [0.3, 0.4) is 0 Å². The minimum absolute atomic E-state index is 0.102. The normalized spacial score (nSPS) is 20.2. The lowest BCUT2D eigenvalue weighted by atomic mass is 9.87. The van der Waals surface area contributed by atoms with E-state index in [0.29, 0.717) is 10.6 Å². The summed E-state index contributed by atoms with van der Waals surface area (Å²) in [6.07, 6.45) is -3.21. The van der Waals surface area contributed by atoms with Gasteiger partial charge in [0.05, 0.1) is 39.3 Å². The van der Waals surface area contributed by atoms with Crippen LogP contribution in [0, 0.1) is 11.7 Å². The first-order valence-corrected chi connectivity index (χ1v) is 13.8. The third kappa shape index (κ3) is 4.76. The van der Waals surface area contributed by atoms with E-state index < -0.39 is 63.8 Å². The van der Waals surface area contributed by atoms with Crippen LogP contribution in [-0.4, -0.2) is 27.5 Å². The van der Waals surface area contributed by atoms with Crippen molar-refractivity contribution in [1.29, 1.82) is 0 Å². The number of amides is 3. The molecule has 41 heavy (non-hydrogen) atoms. The van der Waals surface area contributed by atoms with Crippen molar-refractivity contribution in [3.8, 4) is 0 Å². The molecule has 0 saturated carbocycles. The van der Waals surface area contributed by atoms with E-state index in [1.165, 1.54) is 24.5 Å². The van der Waals surface area contributed by atoms with Gasteiger partial charge in [-0.25, -0.2) is 9.29 Å². The number of hydrogen-bond acceptors (Lipinski definition) is 7. The standard InChI is InChI=1S/C27H17F4N3O5S2/c28-14-6-8-16(9-7-14)34-23(36)20-19(17-5-2-10-39-17)22-25(40-21(20)24(34)37)33(26(38)41-22)12-18(35)32-15-4-1-3-13(11-15)27(29,30)31/h1-11,19-21H,12H2,(H,32,35)/t19-,20-,21+/m0/s1. The molecule has 2 aromatic carbocycles. The monoisotopic (exact) mass is 603 g/mol. The van der Waals surface area contributed by atoms with Crippen LogP contribution in [0.1, 0.15) is 22.1 Å². The maximum absolute atomic E-state index is 13.7. The van der Waals surface area contributed by atoms with Crippen molar-refractivity contribution in [3.05, 3.63) is 98.6 Å². The molecule has 210 valence electrons. The van der Waals surface area contributed by atoms with E-state index in [9.17, 15) is 36.7 Å². The highest BCUT2D eigenvalue weighted by atomic mass is 32.2. The number of alkyl halides is 3. The van der Waals surface area contributed by atoms with Crippen LogP contribution in [0.15, 0.2) is 81.2 Å². The van der Waals surface area contributed by atoms with Gasteiger partial charge in [0.25, 0.3) is 0 Å². The molecule has 1 fully saturated rings. The van der Waals surface area contributed by atoms with Crippen LogP contribution in [0.5, 0.6) is 0 Å². The second-order valence-electron chi connectivity index (χ2n) is 9.30. The van der Waals surface area contributed by atoms with E-state index in [0.717, 1.165) is 62.9 Å². The molecule has 4 aromatic rings. The Kier molecular flexibility index (Phi) is 6.61. The fraction of sp³-hybridized carbons (Fsp3) is 0.185. The zero-order valence-electron chi connectivity index (χ0n) is 20.6. The van der Waals surface area contributed by atoms with Crippen LogP contribution >= 0.6 is 23.1 Å². The molecule has 8 nitrogen and oxygen atoms in total.